The zero-order valence-electron chi connectivity index (χ0n) is 9.69. The first-order valence-electron chi connectivity index (χ1n) is 5.38. The van der Waals surface area contributed by atoms with Crippen LogP contribution < -0.4 is 5.73 Å². The normalized spacial score (nSPS) is 12.2. The van der Waals surface area contributed by atoms with Gasteiger partial charge < -0.3 is 10.5 Å². The maximum absolute atomic E-state index is 11.3. The summed E-state index contributed by atoms with van der Waals surface area (Å²) >= 11 is 5.05. The molecule has 0 spiro atoms. The average Bonchev–Trinajstić information content (AvgIpc) is 2.29. The molecule has 0 saturated carbocycles. The SMILES string of the molecule is CCOC(=O)C(N)CSCc1cccc(Br)c1. The van der Waals surface area contributed by atoms with Crippen LogP contribution in [-0.2, 0) is 15.3 Å². The number of rotatable bonds is 6. The van der Waals surface area contributed by atoms with Gasteiger partial charge in [-0.25, -0.2) is 0 Å². The number of esters is 1. The number of ether oxygens (including phenoxy) is 1. The Morgan fingerprint density at radius 3 is 3.00 bits per heavy atom. The molecule has 1 atom stereocenters. The van der Waals surface area contributed by atoms with Crippen molar-refractivity contribution >= 4 is 33.7 Å². The summed E-state index contributed by atoms with van der Waals surface area (Å²) in [4.78, 5) is 11.3. The lowest BCUT2D eigenvalue weighted by molar-refractivity contribution is -0.144. The molecule has 0 aliphatic heterocycles. The number of halogens is 1. The average molecular weight is 318 g/mol. The molecule has 2 N–H and O–H groups in total. The van der Waals surface area contributed by atoms with Crippen LogP contribution in [-0.4, -0.2) is 24.4 Å². The van der Waals surface area contributed by atoms with Crippen molar-refractivity contribution in [2.24, 2.45) is 5.73 Å². The highest BCUT2D eigenvalue weighted by molar-refractivity contribution is 9.10. The van der Waals surface area contributed by atoms with Crippen LogP contribution in [0.1, 0.15) is 12.5 Å². The van der Waals surface area contributed by atoms with Gasteiger partial charge in [0.2, 0.25) is 0 Å². The van der Waals surface area contributed by atoms with Crippen molar-refractivity contribution in [1.82, 2.24) is 0 Å². The van der Waals surface area contributed by atoms with E-state index in [0.29, 0.717) is 12.4 Å². The molecule has 0 radical (unpaired) electrons. The molecular weight excluding hydrogens is 302 g/mol. The second-order valence-corrected chi connectivity index (χ2v) is 5.45. The van der Waals surface area contributed by atoms with Crippen LogP contribution >= 0.6 is 27.7 Å². The van der Waals surface area contributed by atoms with Crippen LogP contribution in [0, 0.1) is 0 Å². The highest BCUT2D eigenvalue weighted by atomic mass is 79.9. The zero-order chi connectivity index (χ0) is 12.7. The molecule has 0 amide bonds. The lowest BCUT2D eigenvalue weighted by Crippen LogP contribution is -2.34. The van der Waals surface area contributed by atoms with Crippen LogP contribution in [0.3, 0.4) is 0 Å². The van der Waals surface area contributed by atoms with Gasteiger partial charge in [0.15, 0.2) is 0 Å². The monoisotopic (exact) mass is 317 g/mol. The predicted octanol–water partition coefficient (Wildman–Crippen LogP) is 2.57. The van der Waals surface area contributed by atoms with Gasteiger partial charge in [-0.3, -0.25) is 4.79 Å². The summed E-state index contributed by atoms with van der Waals surface area (Å²) in [5.41, 5.74) is 6.90. The van der Waals surface area contributed by atoms with E-state index in [-0.39, 0.29) is 5.97 Å². The summed E-state index contributed by atoms with van der Waals surface area (Å²) in [7, 11) is 0. The molecule has 1 unspecified atom stereocenters. The fraction of sp³-hybridized carbons (Fsp3) is 0.417. The summed E-state index contributed by atoms with van der Waals surface area (Å²) in [6.07, 6.45) is 0. The third-order valence-corrected chi connectivity index (χ3v) is 3.67. The van der Waals surface area contributed by atoms with Crippen molar-refractivity contribution in [3.8, 4) is 0 Å². The first-order valence-corrected chi connectivity index (χ1v) is 7.32. The van der Waals surface area contributed by atoms with Crippen molar-refractivity contribution < 1.29 is 9.53 Å². The van der Waals surface area contributed by atoms with Crippen molar-refractivity contribution in [1.29, 1.82) is 0 Å². The highest BCUT2D eigenvalue weighted by Crippen LogP contribution is 2.17. The second kappa shape index (κ2) is 7.74. The fourth-order valence-electron chi connectivity index (χ4n) is 1.25. The van der Waals surface area contributed by atoms with E-state index in [9.17, 15) is 4.79 Å². The standard InChI is InChI=1S/C12H16BrNO2S/c1-2-16-12(15)11(14)8-17-7-9-4-3-5-10(13)6-9/h3-6,11H,2,7-8,14H2,1H3. The number of nitrogens with two attached hydrogens (primary N) is 1. The molecule has 0 aliphatic rings. The molecule has 3 nitrogen and oxygen atoms in total. The van der Waals surface area contributed by atoms with Crippen LogP contribution in [0.5, 0.6) is 0 Å². The Kier molecular flexibility index (Phi) is 6.62. The second-order valence-electron chi connectivity index (χ2n) is 3.50. The Labute approximate surface area is 114 Å². The van der Waals surface area contributed by atoms with Gasteiger partial charge in [-0.05, 0) is 24.6 Å². The molecule has 1 aromatic rings. The molecule has 0 bridgehead atoms. The number of benzene rings is 1. The van der Waals surface area contributed by atoms with Gasteiger partial charge in [0.25, 0.3) is 0 Å². The van der Waals surface area contributed by atoms with Gasteiger partial charge in [0.05, 0.1) is 6.61 Å². The summed E-state index contributed by atoms with van der Waals surface area (Å²) in [5.74, 6) is 1.09. The molecular formula is C12H16BrNO2S. The van der Waals surface area contributed by atoms with E-state index < -0.39 is 6.04 Å². The Morgan fingerprint density at radius 1 is 1.59 bits per heavy atom. The van der Waals surface area contributed by atoms with E-state index in [1.54, 1.807) is 18.7 Å². The Bertz CT molecular complexity index is 373. The van der Waals surface area contributed by atoms with Gasteiger partial charge in [-0.2, -0.15) is 11.8 Å². The predicted molar refractivity (Wildman–Crippen MR) is 74.9 cm³/mol. The maximum atomic E-state index is 11.3. The lowest BCUT2D eigenvalue weighted by Gasteiger charge is -2.10. The number of thioether (sulfide) groups is 1. The Hall–Kier alpha value is -0.520. The summed E-state index contributed by atoms with van der Waals surface area (Å²) in [5, 5.41) is 0. The summed E-state index contributed by atoms with van der Waals surface area (Å²) in [6, 6.07) is 7.55. The maximum Gasteiger partial charge on any atom is 0.323 e. The molecule has 0 aromatic heterocycles. The van der Waals surface area contributed by atoms with E-state index >= 15 is 0 Å². The molecule has 1 rings (SSSR count). The van der Waals surface area contributed by atoms with Crippen LogP contribution in [0.25, 0.3) is 0 Å². The Balaban J connectivity index is 2.30. The third kappa shape index (κ3) is 5.57. The van der Waals surface area contributed by atoms with Crippen LogP contribution in [0.4, 0.5) is 0 Å². The van der Waals surface area contributed by atoms with Gasteiger partial charge in [0.1, 0.15) is 6.04 Å². The van der Waals surface area contributed by atoms with Gasteiger partial charge in [0, 0.05) is 16.0 Å². The van der Waals surface area contributed by atoms with Crippen molar-refractivity contribution in [2.75, 3.05) is 12.4 Å². The molecule has 0 saturated heterocycles. The van der Waals surface area contributed by atoms with E-state index in [4.69, 9.17) is 10.5 Å². The van der Waals surface area contributed by atoms with Crippen LogP contribution in [0.2, 0.25) is 0 Å². The largest absolute Gasteiger partial charge is 0.465 e. The molecule has 94 valence electrons. The minimum absolute atomic E-state index is 0.325. The molecule has 1 aromatic carbocycles. The third-order valence-electron chi connectivity index (χ3n) is 2.04. The van der Waals surface area contributed by atoms with E-state index in [1.165, 1.54) is 5.56 Å². The van der Waals surface area contributed by atoms with Crippen molar-refractivity contribution in [3.63, 3.8) is 0 Å². The van der Waals surface area contributed by atoms with Gasteiger partial charge in [-0.1, -0.05) is 28.1 Å². The topological polar surface area (TPSA) is 52.3 Å². The first-order chi connectivity index (χ1) is 8.13. The minimum atomic E-state index is -0.535. The number of hydrogen-bond donors (Lipinski definition) is 1. The molecule has 5 heteroatoms. The first kappa shape index (κ1) is 14.5. The van der Waals surface area contributed by atoms with E-state index in [0.717, 1.165) is 10.2 Å². The van der Waals surface area contributed by atoms with E-state index in [1.807, 2.05) is 18.2 Å². The van der Waals surface area contributed by atoms with Gasteiger partial charge in [-0.15, -0.1) is 0 Å². The minimum Gasteiger partial charge on any atom is -0.465 e. The summed E-state index contributed by atoms with van der Waals surface area (Å²) < 4.78 is 5.90. The molecule has 17 heavy (non-hydrogen) atoms. The number of hydrogen-bond acceptors (Lipinski definition) is 4. The van der Waals surface area contributed by atoms with Gasteiger partial charge >= 0.3 is 5.97 Å². The van der Waals surface area contributed by atoms with Crippen LogP contribution in [0.15, 0.2) is 28.7 Å². The quantitative estimate of drug-likeness (QED) is 0.819. The zero-order valence-corrected chi connectivity index (χ0v) is 12.1. The Morgan fingerprint density at radius 2 is 2.35 bits per heavy atom. The van der Waals surface area contributed by atoms with E-state index in [2.05, 4.69) is 22.0 Å². The van der Waals surface area contributed by atoms with Crippen molar-refractivity contribution in [3.05, 3.63) is 34.3 Å². The lowest BCUT2D eigenvalue weighted by atomic mass is 10.2. The molecule has 0 heterocycles. The molecule has 0 fully saturated rings. The fourth-order valence-corrected chi connectivity index (χ4v) is 2.62. The summed E-state index contributed by atoms with van der Waals surface area (Å²) in [6.45, 7) is 2.15. The number of carbonyl (C=O) groups is 1. The van der Waals surface area contributed by atoms with Crippen molar-refractivity contribution in [2.45, 2.75) is 18.7 Å². The molecule has 0 aliphatic carbocycles. The highest BCUT2D eigenvalue weighted by Gasteiger charge is 2.13. The number of carbonyl (C=O) groups excluding carboxylic acids is 1. The smallest absolute Gasteiger partial charge is 0.323 e.